The normalized spacial score (nSPS) is 9.13. The summed E-state index contributed by atoms with van der Waals surface area (Å²) >= 11 is 0.606. The molecule has 0 aliphatic rings. The molecule has 4 nitrogen and oxygen atoms in total. The van der Waals surface area contributed by atoms with Gasteiger partial charge in [-0.15, -0.1) is 4.40 Å². The molecule has 0 aromatic heterocycles. The van der Waals surface area contributed by atoms with Crippen LogP contribution in [0.4, 0.5) is 0 Å². The lowest BCUT2D eigenvalue weighted by molar-refractivity contribution is -0.110. The van der Waals surface area contributed by atoms with E-state index in [1.54, 1.807) is 25.3 Å². The smallest absolute Gasteiger partial charge is 0.247 e. The predicted molar refractivity (Wildman–Crippen MR) is 57.4 cm³/mol. The number of hydrogen-bond acceptors (Lipinski definition) is 5. The van der Waals surface area contributed by atoms with Crippen LogP contribution in [0.25, 0.3) is 0 Å². The van der Waals surface area contributed by atoms with Crippen LogP contribution in [-0.4, -0.2) is 18.3 Å². The maximum Gasteiger partial charge on any atom is 0.247 e. The second-order valence-electron chi connectivity index (χ2n) is 2.67. The van der Waals surface area contributed by atoms with Gasteiger partial charge in [-0.05, 0) is 17.7 Å². The lowest BCUT2D eigenvalue weighted by Gasteiger charge is -2.01. The minimum Gasteiger partial charge on any atom is -0.497 e. The molecule has 5 heteroatoms. The fourth-order valence-corrected chi connectivity index (χ4v) is 1.42. The maximum absolute atomic E-state index is 11.2. The Morgan fingerprint density at radius 2 is 2.40 bits per heavy atom. The van der Waals surface area contributed by atoms with Crippen LogP contribution in [-0.2, 0) is 16.0 Å². The molecule has 0 fully saturated rings. The molecule has 78 valence electrons. The molecule has 0 amide bonds. The van der Waals surface area contributed by atoms with Gasteiger partial charge < -0.3 is 4.74 Å². The highest BCUT2D eigenvalue weighted by molar-refractivity contribution is 8.12. The second kappa shape index (κ2) is 6.01. The van der Waals surface area contributed by atoms with Gasteiger partial charge in [-0.2, -0.15) is 0 Å². The van der Waals surface area contributed by atoms with E-state index in [1.807, 2.05) is 6.07 Å². The summed E-state index contributed by atoms with van der Waals surface area (Å²) in [6, 6.07) is 7.18. The van der Waals surface area contributed by atoms with Crippen LogP contribution in [0.1, 0.15) is 5.56 Å². The molecule has 0 N–H and O–H groups in total. The molecule has 0 bridgehead atoms. The van der Waals surface area contributed by atoms with E-state index in [4.69, 9.17) is 4.74 Å². The molecule has 1 rings (SSSR count). The first kappa shape index (κ1) is 11.5. The predicted octanol–water partition coefficient (Wildman–Crippen LogP) is 1.75. The summed E-state index contributed by atoms with van der Waals surface area (Å²) in [5.41, 5.74) is 0.827. The van der Waals surface area contributed by atoms with E-state index in [0.717, 1.165) is 5.56 Å². The molecular formula is C10H9NO3S. The Kier molecular flexibility index (Phi) is 4.60. The number of hydrogen-bond donors (Lipinski definition) is 0. The molecule has 1 aromatic carbocycles. The van der Waals surface area contributed by atoms with Crippen molar-refractivity contribution in [2.75, 3.05) is 7.11 Å². The van der Waals surface area contributed by atoms with Crippen LogP contribution in [0.15, 0.2) is 28.7 Å². The number of nitrogens with zero attached hydrogens (tertiary/aromatic N) is 1. The van der Waals surface area contributed by atoms with Crippen molar-refractivity contribution in [3.05, 3.63) is 29.8 Å². The van der Waals surface area contributed by atoms with E-state index in [1.165, 1.54) is 6.08 Å². The molecule has 1 aromatic rings. The van der Waals surface area contributed by atoms with E-state index >= 15 is 0 Å². The molecule has 0 aliphatic heterocycles. The zero-order chi connectivity index (χ0) is 11.1. The lowest BCUT2D eigenvalue weighted by atomic mass is 10.1. The first-order chi connectivity index (χ1) is 7.26. The number of carbonyl (C=O) groups excluding carboxylic acids is 2. The third kappa shape index (κ3) is 3.97. The van der Waals surface area contributed by atoms with E-state index in [0.29, 0.717) is 17.7 Å². The second-order valence-corrected chi connectivity index (χ2v) is 3.49. The standard InChI is InChI=1S/C10H9NO3S/c1-14-9-4-2-3-8(5-9)6-10(13)15-11-7-12/h2-5H,6H2,1H3. The van der Waals surface area contributed by atoms with Crippen molar-refractivity contribution < 1.29 is 14.3 Å². The molecule has 0 heterocycles. The topological polar surface area (TPSA) is 55.7 Å². The lowest BCUT2D eigenvalue weighted by Crippen LogP contribution is -1.96. The quantitative estimate of drug-likeness (QED) is 0.443. The van der Waals surface area contributed by atoms with Crippen molar-refractivity contribution in [1.82, 2.24) is 0 Å². The van der Waals surface area contributed by atoms with E-state index in [9.17, 15) is 9.59 Å². The third-order valence-electron chi connectivity index (χ3n) is 1.67. The minimum absolute atomic E-state index is 0.202. The molecular weight excluding hydrogens is 214 g/mol. The monoisotopic (exact) mass is 223 g/mol. The largest absolute Gasteiger partial charge is 0.497 e. The van der Waals surface area contributed by atoms with E-state index in [-0.39, 0.29) is 11.5 Å². The van der Waals surface area contributed by atoms with E-state index < -0.39 is 0 Å². The number of rotatable bonds is 4. The number of benzene rings is 1. The number of methoxy groups -OCH3 is 1. The SMILES string of the molecule is COc1cccc(CC(=O)SN=C=O)c1. The highest BCUT2D eigenvalue weighted by Gasteiger charge is 2.04. The van der Waals surface area contributed by atoms with Crippen molar-refractivity contribution in [3.8, 4) is 5.75 Å². The average Bonchev–Trinajstić information content (AvgIpc) is 2.26. The molecule has 0 radical (unpaired) electrons. The molecule has 0 spiro atoms. The Hall–Kier alpha value is -1.58. The van der Waals surface area contributed by atoms with Gasteiger partial charge in [-0.1, -0.05) is 12.1 Å². The number of ether oxygens (including phenoxy) is 1. The fraction of sp³-hybridized carbons (Fsp3) is 0.200. The Bertz CT molecular complexity index is 399. The van der Waals surface area contributed by atoms with Gasteiger partial charge in [0.05, 0.1) is 19.1 Å². The molecule has 0 saturated carbocycles. The van der Waals surface area contributed by atoms with Crippen LogP contribution in [0, 0.1) is 0 Å². The van der Waals surface area contributed by atoms with Crippen molar-refractivity contribution in [2.45, 2.75) is 6.42 Å². The Morgan fingerprint density at radius 3 is 3.07 bits per heavy atom. The Balaban J connectivity index is 2.63. The summed E-state index contributed by atoms with van der Waals surface area (Å²) < 4.78 is 8.15. The van der Waals surface area contributed by atoms with Crippen molar-refractivity contribution >= 4 is 23.1 Å². The van der Waals surface area contributed by atoms with Crippen molar-refractivity contribution in [3.63, 3.8) is 0 Å². The van der Waals surface area contributed by atoms with Crippen LogP contribution >= 0.6 is 11.9 Å². The summed E-state index contributed by atoms with van der Waals surface area (Å²) in [7, 11) is 1.56. The van der Waals surface area contributed by atoms with Crippen LogP contribution < -0.4 is 4.74 Å². The summed E-state index contributed by atoms with van der Waals surface area (Å²) in [4.78, 5) is 21.0. The van der Waals surface area contributed by atoms with Gasteiger partial charge >= 0.3 is 0 Å². The zero-order valence-electron chi connectivity index (χ0n) is 8.10. The van der Waals surface area contributed by atoms with Gasteiger partial charge in [-0.25, -0.2) is 4.79 Å². The van der Waals surface area contributed by atoms with Crippen LogP contribution in [0.2, 0.25) is 0 Å². The molecule has 0 atom stereocenters. The summed E-state index contributed by atoms with van der Waals surface area (Å²) in [5.74, 6) is 0.698. The molecule has 0 saturated heterocycles. The number of carbonyl (C=O) groups is 1. The molecule has 15 heavy (non-hydrogen) atoms. The van der Waals surface area contributed by atoms with Crippen LogP contribution in [0.5, 0.6) is 5.75 Å². The van der Waals surface area contributed by atoms with Gasteiger partial charge in [0.25, 0.3) is 0 Å². The first-order valence-electron chi connectivity index (χ1n) is 4.16. The third-order valence-corrected chi connectivity index (χ3v) is 2.18. The molecule has 0 aliphatic carbocycles. The number of isocyanates is 1. The summed E-state index contributed by atoms with van der Waals surface area (Å²) in [5, 5.41) is -0.202. The highest BCUT2D eigenvalue weighted by atomic mass is 32.2. The van der Waals surface area contributed by atoms with Gasteiger partial charge in [0.2, 0.25) is 11.2 Å². The Labute approximate surface area is 91.5 Å². The summed E-state index contributed by atoms with van der Waals surface area (Å²) in [6.07, 6.45) is 1.51. The van der Waals surface area contributed by atoms with Gasteiger partial charge in [0, 0.05) is 6.42 Å². The zero-order valence-corrected chi connectivity index (χ0v) is 8.91. The van der Waals surface area contributed by atoms with Crippen molar-refractivity contribution in [2.24, 2.45) is 4.40 Å². The van der Waals surface area contributed by atoms with Gasteiger partial charge in [0.1, 0.15) is 5.75 Å². The fourth-order valence-electron chi connectivity index (χ4n) is 1.05. The van der Waals surface area contributed by atoms with E-state index in [2.05, 4.69) is 4.40 Å². The average molecular weight is 223 g/mol. The van der Waals surface area contributed by atoms with Gasteiger partial charge in [0.15, 0.2) is 0 Å². The first-order valence-corrected chi connectivity index (χ1v) is 4.93. The minimum atomic E-state index is -0.202. The maximum atomic E-state index is 11.2. The van der Waals surface area contributed by atoms with Crippen LogP contribution in [0.3, 0.4) is 0 Å². The van der Waals surface area contributed by atoms with Gasteiger partial charge in [-0.3, -0.25) is 4.79 Å². The summed E-state index contributed by atoms with van der Waals surface area (Å²) in [6.45, 7) is 0. The Morgan fingerprint density at radius 1 is 1.60 bits per heavy atom. The highest BCUT2D eigenvalue weighted by Crippen LogP contribution is 2.15. The molecule has 0 unspecified atom stereocenters. The van der Waals surface area contributed by atoms with Crippen molar-refractivity contribution in [1.29, 1.82) is 0 Å².